The molecule has 6 nitrogen and oxygen atoms in total. The summed E-state index contributed by atoms with van der Waals surface area (Å²) in [5.74, 6) is 0. The Hall–Kier alpha value is -5.62. The summed E-state index contributed by atoms with van der Waals surface area (Å²) >= 11 is 0. The lowest BCUT2D eigenvalue weighted by Crippen LogP contribution is -2.23. The van der Waals surface area contributed by atoms with Crippen molar-refractivity contribution in [3.05, 3.63) is 133 Å². The maximum atomic E-state index is 4.88. The molecule has 0 saturated carbocycles. The van der Waals surface area contributed by atoms with Gasteiger partial charge < -0.3 is 10.2 Å². The van der Waals surface area contributed by atoms with Crippen molar-refractivity contribution in [2.24, 2.45) is 0 Å². The van der Waals surface area contributed by atoms with E-state index in [9.17, 15) is 0 Å². The van der Waals surface area contributed by atoms with Crippen molar-refractivity contribution in [1.82, 2.24) is 19.1 Å². The molecule has 42 heavy (non-hydrogen) atoms. The smallest absolute Gasteiger partial charge is 0.145 e. The SMILES string of the molecule is CN1c2ccccc2NC1c1ccc2c(c1)c1cccnc1n2-c1cccc(-n2c3ccccc3c3cccnc32)c1. The minimum Gasteiger partial charge on any atom is -0.360 e. The molecule has 0 radical (unpaired) electrons. The second-order valence-corrected chi connectivity index (χ2v) is 10.9. The molecule has 0 fully saturated rings. The van der Waals surface area contributed by atoms with E-state index in [2.05, 4.69) is 130 Å². The van der Waals surface area contributed by atoms with Crippen LogP contribution in [-0.4, -0.2) is 26.1 Å². The minimum absolute atomic E-state index is 0.0630. The maximum absolute atomic E-state index is 4.88. The normalized spacial score (nSPS) is 14.7. The van der Waals surface area contributed by atoms with Gasteiger partial charge in [0.05, 0.1) is 22.4 Å². The Morgan fingerprint density at radius 1 is 0.571 bits per heavy atom. The Balaban J connectivity index is 1.23. The average molecular weight is 543 g/mol. The van der Waals surface area contributed by atoms with Gasteiger partial charge in [0.1, 0.15) is 17.5 Å². The van der Waals surface area contributed by atoms with Crippen molar-refractivity contribution >= 4 is 55.2 Å². The number of aromatic nitrogens is 4. The fourth-order valence-electron chi connectivity index (χ4n) is 6.72. The third kappa shape index (κ3) is 3.20. The quantitative estimate of drug-likeness (QED) is 0.244. The number of pyridine rings is 2. The monoisotopic (exact) mass is 542 g/mol. The second kappa shape index (κ2) is 8.69. The number of fused-ring (bicyclic) bond motifs is 7. The van der Waals surface area contributed by atoms with Gasteiger partial charge in [-0.1, -0.05) is 42.5 Å². The van der Waals surface area contributed by atoms with Crippen LogP contribution >= 0.6 is 0 Å². The zero-order valence-electron chi connectivity index (χ0n) is 22.9. The molecule has 6 heteroatoms. The predicted octanol–water partition coefficient (Wildman–Crippen LogP) is 8.23. The minimum atomic E-state index is 0.0630. The van der Waals surface area contributed by atoms with Gasteiger partial charge in [-0.2, -0.15) is 0 Å². The first-order valence-corrected chi connectivity index (χ1v) is 14.2. The highest BCUT2D eigenvalue weighted by atomic mass is 15.3. The Labute approximate surface area is 242 Å². The van der Waals surface area contributed by atoms with Gasteiger partial charge in [0, 0.05) is 52.4 Å². The van der Waals surface area contributed by atoms with E-state index in [1.807, 2.05) is 24.5 Å². The fraction of sp³-hybridized carbons (Fsp3) is 0.0556. The molecule has 0 spiro atoms. The molecule has 0 amide bonds. The molecule has 0 bridgehead atoms. The molecule has 1 aliphatic rings. The van der Waals surface area contributed by atoms with Crippen LogP contribution < -0.4 is 10.2 Å². The summed E-state index contributed by atoms with van der Waals surface area (Å²) < 4.78 is 4.53. The third-order valence-electron chi connectivity index (χ3n) is 8.61. The highest BCUT2D eigenvalue weighted by Gasteiger charge is 2.27. The lowest BCUT2D eigenvalue weighted by molar-refractivity contribution is 0.793. The molecular weight excluding hydrogens is 516 g/mol. The first kappa shape index (κ1) is 23.1. The highest BCUT2D eigenvalue weighted by molar-refractivity contribution is 6.09. The van der Waals surface area contributed by atoms with Crippen LogP contribution in [-0.2, 0) is 0 Å². The highest BCUT2D eigenvalue weighted by Crippen LogP contribution is 2.41. The van der Waals surface area contributed by atoms with Gasteiger partial charge in [-0.25, -0.2) is 9.97 Å². The second-order valence-electron chi connectivity index (χ2n) is 10.9. The molecule has 0 aliphatic carbocycles. The molecule has 0 saturated heterocycles. The van der Waals surface area contributed by atoms with Gasteiger partial charge in [-0.05, 0) is 78.4 Å². The van der Waals surface area contributed by atoms with E-state index >= 15 is 0 Å². The Morgan fingerprint density at radius 3 is 1.98 bits per heavy atom. The van der Waals surface area contributed by atoms with Gasteiger partial charge >= 0.3 is 0 Å². The van der Waals surface area contributed by atoms with Crippen LogP contribution in [0.3, 0.4) is 0 Å². The van der Waals surface area contributed by atoms with Crippen molar-refractivity contribution < 1.29 is 0 Å². The first-order valence-electron chi connectivity index (χ1n) is 14.2. The van der Waals surface area contributed by atoms with Gasteiger partial charge in [-0.3, -0.25) is 9.13 Å². The molecular formula is C36H26N6. The first-order chi connectivity index (χ1) is 20.8. The number of benzene rings is 4. The third-order valence-corrected chi connectivity index (χ3v) is 8.61. The Morgan fingerprint density at radius 2 is 1.21 bits per heavy atom. The van der Waals surface area contributed by atoms with E-state index in [1.165, 1.54) is 22.0 Å². The number of hydrogen-bond acceptors (Lipinski definition) is 4. The molecule has 1 atom stereocenters. The number of anilines is 2. The summed E-state index contributed by atoms with van der Waals surface area (Å²) in [6, 6.07) is 40.8. The molecule has 4 aromatic heterocycles. The summed E-state index contributed by atoms with van der Waals surface area (Å²) in [4.78, 5) is 12.0. The number of para-hydroxylation sites is 3. The predicted molar refractivity (Wildman–Crippen MR) is 172 cm³/mol. The van der Waals surface area contributed by atoms with Crippen molar-refractivity contribution in [1.29, 1.82) is 0 Å². The van der Waals surface area contributed by atoms with Gasteiger partial charge in [-0.15, -0.1) is 0 Å². The molecule has 1 N–H and O–H groups in total. The summed E-state index contributed by atoms with van der Waals surface area (Å²) in [7, 11) is 2.15. The van der Waals surface area contributed by atoms with Crippen LogP contribution in [0.4, 0.5) is 11.4 Å². The van der Waals surface area contributed by atoms with Gasteiger partial charge in [0.15, 0.2) is 0 Å². The van der Waals surface area contributed by atoms with Crippen LogP contribution in [0.25, 0.3) is 55.2 Å². The summed E-state index contributed by atoms with van der Waals surface area (Å²) in [5, 5.41) is 8.37. The van der Waals surface area contributed by atoms with E-state index in [1.54, 1.807) is 0 Å². The van der Waals surface area contributed by atoms with Crippen molar-refractivity contribution in [3.8, 4) is 11.4 Å². The molecule has 8 aromatic rings. The van der Waals surface area contributed by atoms with E-state index < -0.39 is 0 Å². The summed E-state index contributed by atoms with van der Waals surface area (Å²) in [5.41, 5.74) is 9.88. The zero-order valence-corrected chi connectivity index (χ0v) is 22.9. The standard InChI is InChI=1S/C36H26N6/c1-40-33-16-5-3-14-30(33)39-34(40)23-17-18-32-29(21-23)28-13-8-20-38-36(28)42(32)25-10-6-9-24(22-25)41-31-15-4-2-11-26(31)27-12-7-19-37-35(27)41/h2-22,34,39H,1H3. The van der Waals surface area contributed by atoms with Crippen molar-refractivity contribution in [3.63, 3.8) is 0 Å². The van der Waals surface area contributed by atoms with Crippen LogP contribution in [0.1, 0.15) is 11.7 Å². The van der Waals surface area contributed by atoms with E-state index in [4.69, 9.17) is 9.97 Å². The molecule has 200 valence electrons. The Bertz CT molecular complexity index is 2270. The number of nitrogens with one attached hydrogen (secondary N) is 1. The lowest BCUT2D eigenvalue weighted by Gasteiger charge is -2.22. The summed E-state index contributed by atoms with van der Waals surface area (Å²) in [6.45, 7) is 0. The average Bonchev–Trinajstić information content (AvgIpc) is 3.68. The fourth-order valence-corrected chi connectivity index (χ4v) is 6.72. The molecule has 1 aliphatic heterocycles. The topological polar surface area (TPSA) is 50.9 Å². The van der Waals surface area contributed by atoms with Crippen LogP contribution in [0, 0.1) is 0 Å². The van der Waals surface area contributed by atoms with Gasteiger partial charge in [0.25, 0.3) is 0 Å². The number of rotatable bonds is 3. The van der Waals surface area contributed by atoms with Gasteiger partial charge in [0.2, 0.25) is 0 Å². The number of hydrogen-bond donors (Lipinski definition) is 1. The molecule has 5 heterocycles. The van der Waals surface area contributed by atoms with E-state index in [0.29, 0.717) is 0 Å². The van der Waals surface area contributed by atoms with Crippen molar-refractivity contribution in [2.45, 2.75) is 6.17 Å². The molecule has 9 rings (SSSR count). The summed E-state index contributed by atoms with van der Waals surface area (Å²) in [6.07, 6.45) is 3.81. The van der Waals surface area contributed by atoms with Crippen LogP contribution in [0.5, 0.6) is 0 Å². The molecule has 4 aromatic carbocycles. The largest absolute Gasteiger partial charge is 0.360 e. The lowest BCUT2D eigenvalue weighted by atomic mass is 10.1. The van der Waals surface area contributed by atoms with E-state index in [0.717, 1.165) is 50.2 Å². The Kier molecular flexibility index (Phi) is 4.78. The molecule has 1 unspecified atom stereocenters. The van der Waals surface area contributed by atoms with E-state index in [-0.39, 0.29) is 6.17 Å². The number of nitrogens with zero attached hydrogens (tertiary/aromatic N) is 5. The van der Waals surface area contributed by atoms with Crippen molar-refractivity contribution in [2.75, 3.05) is 17.3 Å². The van der Waals surface area contributed by atoms with Crippen LogP contribution in [0.2, 0.25) is 0 Å². The zero-order chi connectivity index (χ0) is 27.8. The maximum Gasteiger partial charge on any atom is 0.145 e. The van der Waals surface area contributed by atoms with Crippen LogP contribution in [0.15, 0.2) is 128 Å².